The molecule has 1 aromatic rings. The Morgan fingerprint density at radius 1 is 1.18 bits per heavy atom. The molecular formula is C16H27N3O3. The van der Waals surface area contributed by atoms with E-state index in [2.05, 4.69) is 10.3 Å². The number of aromatic nitrogens is 1. The lowest BCUT2D eigenvalue weighted by Gasteiger charge is -2.30. The van der Waals surface area contributed by atoms with Gasteiger partial charge in [-0.3, -0.25) is 5.32 Å². The molecule has 0 fully saturated rings. The highest BCUT2D eigenvalue weighted by atomic mass is 16.5. The SMILES string of the molecule is CCOC(=O)c1c(C)[nH]c(NC(=O)N(C(C)C)C(C)C)c1C. The second-order valence-corrected chi connectivity index (χ2v) is 5.87. The van der Waals surface area contributed by atoms with Gasteiger partial charge in [-0.15, -0.1) is 0 Å². The monoisotopic (exact) mass is 309 g/mol. The number of anilines is 1. The normalized spacial score (nSPS) is 11.0. The van der Waals surface area contributed by atoms with E-state index in [1.54, 1.807) is 25.7 Å². The molecule has 6 heteroatoms. The maximum absolute atomic E-state index is 12.4. The van der Waals surface area contributed by atoms with E-state index in [9.17, 15) is 9.59 Å². The van der Waals surface area contributed by atoms with Gasteiger partial charge in [0.25, 0.3) is 0 Å². The average molecular weight is 309 g/mol. The Morgan fingerprint density at radius 2 is 1.73 bits per heavy atom. The van der Waals surface area contributed by atoms with Crippen molar-refractivity contribution in [3.8, 4) is 0 Å². The number of carbonyl (C=O) groups excluding carboxylic acids is 2. The zero-order valence-electron chi connectivity index (χ0n) is 14.5. The third kappa shape index (κ3) is 3.81. The largest absolute Gasteiger partial charge is 0.462 e. The van der Waals surface area contributed by atoms with Crippen LogP contribution in [0.3, 0.4) is 0 Å². The zero-order chi connectivity index (χ0) is 17.0. The van der Waals surface area contributed by atoms with Gasteiger partial charge in [-0.2, -0.15) is 0 Å². The van der Waals surface area contributed by atoms with Crippen molar-refractivity contribution in [1.29, 1.82) is 0 Å². The first-order valence-electron chi connectivity index (χ1n) is 7.66. The lowest BCUT2D eigenvalue weighted by Crippen LogP contribution is -2.44. The van der Waals surface area contributed by atoms with Crippen LogP contribution in [0.25, 0.3) is 0 Å². The fraction of sp³-hybridized carbons (Fsp3) is 0.625. The van der Waals surface area contributed by atoms with E-state index in [-0.39, 0.29) is 24.1 Å². The Balaban J connectivity index is 3.02. The predicted octanol–water partition coefficient (Wildman–Crippen LogP) is 3.46. The number of carbonyl (C=O) groups is 2. The molecule has 0 spiro atoms. The molecule has 0 aliphatic rings. The van der Waals surface area contributed by atoms with Gasteiger partial charge in [0.15, 0.2) is 0 Å². The standard InChI is InChI=1S/C16H27N3O3/c1-8-22-15(20)13-11(6)14(17-12(13)7)18-16(21)19(9(2)3)10(4)5/h9-10,17H,8H2,1-7H3,(H,18,21). The zero-order valence-corrected chi connectivity index (χ0v) is 14.5. The van der Waals surface area contributed by atoms with Crippen molar-refractivity contribution >= 4 is 17.8 Å². The van der Waals surface area contributed by atoms with Crippen LogP contribution in [0.2, 0.25) is 0 Å². The first kappa shape index (κ1) is 18.1. The fourth-order valence-corrected chi connectivity index (χ4v) is 2.62. The van der Waals surface area contributed by atoms with Crippen LogP contribution in [0.1, 0.15) is 56.2 Å². The molecule has 0 radical (unpaired) electrons. The summed E-state index contributed by atoms with van der Waals surface area (Å²) in [5.41, 5.74) is 1.86. The number of esters is 1. The van der Waals surface area contributed by atoms with Crippen LogP contribution in [-0.4, -0.2) is 40.6 Å². The lowest BCUT2D eigenvalue weighted by atomic mass is 10.1. The van der Waals surface area contributed by atoms with Gasteiger partial charge in [-0.1, -0.05) is 0 Å². The number of H-pyrrole nitrogens is 1. The van der Waals surface area contributed by atoms with E-state index in [0.717, 1.165) is 0 Å². The molecule has 0 atom stereocenters. The summed E-state index contributed by atoms with van der Waals surface area (Å²) in [4.78, 5) is 29.2. The molecule has 0 unspecified atom stereocenters. The smallest absolute Gasteiger partial charge is 0.340 e. The van der Waals surface area contributed by atoms with Gasteiger partial charge in [-0.05, 0) is 48.5 Å². The molecule has 0 aliphatic carbocycles. The van der Waals surface area contributed by atoms with Crippen LogP contribution in [0, 0.1) is 13.8 Å². The highest BCUT2D eigenvalue weighted by Gasteiger charge is 2.24. The summed E-state index contributed by atoms with van der Waals surface area (Å²) in [6, 6.07) is -0.0217. The van der Waals surface area contributed by atoms with Gasteiger partial charge in [0.05, 0.1) is 12.2 Å². The molecule has 1 rings (SSSR count). The third-order valence-corrected chi connectivity index (χ3v) is 3.50. The van der Waals surface area contributed by atoms with Crippen molar-refractivity contribution in [2.24, 2.45) is 0 Å². The van der Waals surface area contributed by atoms with E-state index in [1.165, 1.54) is 0 Å². The molecule has 6 nitrogen and oxygen atoms in total. The van der Waals surface area contributed by atoms with Gasteiger partial charge in [0, 0.05) is 23.3 Å². The number of hydrogen-bond acceptors (Lipinski definition) is 3. The fourth-order valence-electron chi connectivity index (χ4n) is 2.62. The van der Waals surface area contributed by atoms with Gasteiger partial charge >= 0.3 is 12.0 Å². The molecule has 1 aromatic heterocycles. The van der Waals surface area contributed by atoms with Crippen molar-refractivity contribution in [3.63, 3.8) is 0 Å². The summed E-state index contributed by atoms with van der Waals surface area (Å²) in [5.74, 6) is 0.163. The number of urea groups is 1. The molecule has 124 valence electrons. The Hall–Kier alpha value is -1.98. The van der Waals surface area contributed by atoms with Crippen LogP contribution in [-0.2, 0) is 4.74 Å². The molecular weight excluding hydrogens is 282 g/mol. The second kappa shape index (κ2) is 7.33. The van der Waals surface area contributed by atoms with Gasteiger partial charge in [0.2, 0.25) is 0 Å². The van der Waals surface area contributed by atoms with Crippen LogP contribution < -0.4 is 5.32 Å². The van der Waals surface area contributed by atoms with Crippen molar-refractivity contribution in [2.45, 2.75) is 60.5 Å². The highest BCUT2D eigenvalue weighted by Crippen LogP contribution is 2.23. The van der Waals surface area contributed by atoms with E-state index < -0.39 is 0 Å². The molecule has 2 N–H and O–H groups in total. The number of aromatic amines is 1. The maximum atomic E-state index is 12.4. The van der Waals surface area contributed by atoms with Crippen molar-refractivity contribution in [3.05, 3.63) is 16.8 Å². The summed E-state index contributed by atoms with van der Waals surface area (Å²) in [6.07, 6.45) is 0. The Labute approximate surface area is 132 Å². The van der Waals surface area contributed by atoms with E-state index in [4.69, 9.17) is 4.74 Å². The van der Waals surface area contributed by atoms with Gasteiger partial charge in [0.1, 0.15) is 5.82 Å². The summed E-state index contributed by atoms with van der Waals surface area (Å²) in [6.45, 7) is 13.5. The quantitative estimate of drug-likeness (QED) is 0.818. The van der Waals surface area contributed by atoms with Crippen molar-refractivity contribution in [1.82, 2.24) is 9.88 Å². The molecule has 0 saturated heterocycles. The minimum Gasteiger partial charge on any atom is -0.462 e. The molecule has 0 aromatic carbocycles. The maximum Gasteiger partial charge on any atom is 0.340 e. The van der Waals surface area contributed by atoms with Crippen LogP contribution in [0.15, 0.2) is 0 Å². The number of aryl methyl sites for hydroxylation is 1. The molecule has 0 bridgehead atoms. The minimum atomic E-state index is -0.376. The van der Waals surface area contributed by atoms with Crippen LogP contribution >= 0.6 is 0 Å². The summed E-state index contributed by atoms with van der Waals surface area (Å²) >= 11 is 0. The molecule has 0 aliphatic heterocycles. The average Bonchev–Trinajstić information content (AvgIpc) is 2.63. The summed E-state index contributed by atoms with van der Waals surface area (Å²) in [5, 5.41) is 2.85. The Morgan fingerprint density at radius 3 is 2.18 bits per heavy atom. The first-order chi connectivity index (χ1) is 10.2. The van der Waals surface area contributed by atoms with Crippen LogP contribution in [0.5, 0.6) is 0 Å². The number of nitrogens with one attached hydrogen (secondary N) is 2. The molecule has 0 saturated carbocycles. The lowest BCUT2D eigenvalue weighted by molar-refractivity contribution is 0.0525. The first-order valence-corrected chi connectivity index (χ1v) is 7.66. The number of nitrogens with zero attached hydrogens (tertiary/aromatic N) is 1. The Kier molecular flexibility index (Phi) is 6.02. The number of ether oxygens (including phenoxy) is 1. The van der Waals surface area contributed by atoms with Gasteiger partial charge < -0.3 is 14.6 Å². The van der Waals surface area contributed by atoms with Crippen LogP contribution in [0.4, 0.5) is 10.6 Å². The topological polar surface area (TPSA) is 74.4 Å². The molecule has 2 amide bonds. The second-order valence-electron chi connectivity index (χ2n) is 5.87. The summed E-state index contributed by atoms with van der Waals surface area (Å²) < 4.78 is 5.05. The van der Waals surface area contributed by atoms with Crippen molar-refractivity contribution in [2.75, 3.05) is 11.9 Å². The minimum absolute atomic E-state index is 0.0842. The van der Waals surface area contributed by atoms with Crippen molar-refractivity contribution < 1.29 is 14.3 Å². The van der Waals surface area contributed by atoms with E-state index >= 15 is 0 Å². The number of amides is 2. The molecule has 1 heterocycles. The Bertz CT molecular complexity index is 539. The molecule has 22 heavy (non-hydrogen) atoms. The van der Waals surface area contributed by atoms with E-state index in [0.29, 0.717) is 29.2 Å². The van der Waals surface area contributed by atoms with Gasteiger partial charge in [-0.25, -0.2) is 9.59 Å². The third-order valence-electron chi connectivity index (χ3n) is 3.50. The van der Waals surface area contributed by atoms with E-state index in [1.807, 2.05) is 27.7 Å². The highest BCUT2D eigenvalue weighted by molar-refractivity contribution is 5.97. The number of hydrogen-bond donors (Lipinski definition) is 2. The number of rotatable bonds is 5. The predicted molar refractivity (Wildman–Crippen MR) is 87.4 cm³/mol. The summed E-state index contributed by atoms with van der Waals surface area (Å²) in [7, 11) is 0.